The van der Waals surface area contributed by atoms with Crippen LogP contribution in [-0.4, -0.2) is 61.7 Å². The summed E-state index contributed by atoms with van der Waals surface area (Å²) in [6.45, 7) is 7.50. The Balaban J connectivity index is 2.32. The van der Waals surface area contributed by atoms with Crippen molar-refractivity contribution < 1.29 is 22.8 Å². The van der Waals surface area contributed by atoms with Crippen LogP contribution >= 0.6 is 12.3 Å². The van der Waals surface area contributed by atoms with E-state index in [0.29, 0.717) is 25.3 Å². The second-order valence-electron chi connectivity index (χ2n) is 6.03. The van der Waals surface area contributed by atoms with E-state index in [-0.39, 0.29) is 18.6 Å². The highest BCUT2D eigenvalue weighted by atomic mass is 32.2. The van der Waals surface area contributed by atoms with Crippen molar-refractivity contribution in [2.75, 3.05) is 33.4 Å². The topological polar surface area (TPSA) is 68.3 Å². The molecule has 1 aliphatic rings. The summed E-state index contributed by atoms with van der Waals surface area (Å²) in [6.07, 6.45) is 2.59. The first-order valence-electron chi connectivity index (χ1n) is 7.46. The van der Waals surface area contributed by atoms with Gasteiger partial charge in [0.05, 0.1) is 24.7 Å². The van der Waals surface area contributed by atoms with E-state index >= 15 is 0 Å². The van der Waals surface area contributed by atoms with E-state index < -0.39 is 5.41 Å². The molecule has 1 amide bonds. The molecule has 7 nitrogen and oxygen atoms in total. The summed E-state index contributed by atoms with van der Waals surface area (Å²) >= 11 is 0.712. The second kappa shape index (κ2) is 9.34. The van der Waals surface area contributed by atoms with E-state index in [9.17, 15) is 9.59 Å². The first-order chi connectivity index (χ1) is 10.4. The summed E-state index contributed by atoms with van der Waals surface area (Å²) in [5.74, 6) is -0.322. The monoisotopic (exact) mass is 334 g/mol. The minimum Gasteiger partial charge on any atom is -0.466 e. The highest BCUT2D eigenvalue weighted by Crippen LogP contribution is 2.23. The zero-order valence-corrected chi connectivity index (χ0v) is 14.6. The molecule has 0 aromatic rings. The summed E-state index contributed by atoms with van der Waals surface area (Å²) in [4.78, 5) is 25.0. The molecule has 8 heteroatoms. The molecule has 0 N–H and O–H groups in total. The predicted octanol–water partition coefficient (Wildman–Crippen LogP) is 1.64. The van der Waals surface area contributed by atoms with Crippen LogP contribution in [0.25, 0.3) is 0 Å². The highest BCUT2D eigenvalue weighted by molar-refractivity contribution is 7.89. The van der Waals surface area contributed by atoms with Gasteiger partial charge in [-0.3, -0.25) is 13.8 Å². The number of hydroxylamine groups is 2. The molecule has 0 radical (unpaired) electrons. The Kier molecular flexibility index (Phi) is 8.16. The van der Waals surface area contributed by atoms with Crippen LogP contribution in [0, 0.1) is 5.41 Å². The summed E-state index contributed by atoms with van der Waals surface area (Å²) in [5.41, 5.74) is -0.760. The van der Waals surface area contributed by atoms with Crippen LogP contribution in [0.5, 0.6) is 0 Å². The van der Waals surface area contributed by atoms with Crippen molar-refractivity contribution in [1.29, 1.82) is 0 Å². The lowest BCUT2D eigenvalue weighted by Gasteiger charge is -2.33. The number of hydrogen-bond donors (Lipinski definition) is 0. The molecule has 1 saturated heterocycles. The van der Waals surface area contributed by atoms with Crippen molar-refractivity contribution in [2.45, 2.75) is 39.7 Å². The third-order valence-corrected chi connectivity index (χ3v) is 3.92. The maximum Gasteiger partial charge on any atom is 0.313 e. The molecule has 0 unspecified atom stereocenters. The molecule has 128 valence electrons. The van der Waals surface area contributed by atoms with Gasteiger partial charge >= 0.3 is 5.97 Å². The fourth-order valence-corrected chi connectivity index (χ4v) is 2.74. The first kappa shape index (κ1) is 19.2. The van der Waals surface area contributed by atoms with Gasteiger partial charge in [-0.15, -0.1) is 0 Å². The number of nitrogens with zero attached hydrogens (tertiary/aromatic N) is 2. The molecule has 0 aromatic carbocycles. The van der Waals surface area contributed by atoms with Gasteiger partial charge < -0.3 is 9.64 Å². The van der Waals surface area contributed by atoms with Gasteiger partial charge in [0.1, 0.15) is 0 Å². The zero-order valence-electron chi connectivity index (χ0n) is 13.7. The maximum absolute atomic E-state index is 11.7. The normalized spacial score (nSPS) is 19.7. The predicted molar refractivity (Wildman–Crippen MR) is 83.5 cm³/mol. The van der Waals surface area contributed by atoms with Crippen molar-refractivity contribution in [3.8, 4) is 0 Å². The van der Waals surface area contributed by atoms with Gasteiger partial charge in [-0.05, 0) is 47.2 Å². The second-order valence-corrected chi connectivity index (χ2v) is 6.55. The maximum atomic E-state index is 11.7. The first-order valence-corrected chi connectivity index (χ1v) is 8.13. The Bertz CT molecular complexity index is 367. The number of carbonyl (C=O) groups is 2. The molecule has 0 aliphatic carbocycles. The lowest BCUT2D eigenvalue weighted by atomic mass is 9.95. The van der Waals surface area contributed by atoms with E-state index in [1.165, 1.54) is 5.06 Å². The number of piperidine rings is 1. The van der Waals surface area contributed by atoms with E-state index in [2.05, 4.69) is 4.90 Å². The van der Waals surface area contributed by atoms with Crippen LogP contribution in [-0.2, 0) is 22.8 Å². The van der Waals surface area contributed by atoms with Gasteiger partial charge in [-0.2, -0.15) is 4.28 Å². The third kappa shape index (κ3) is 6.12. The fraction of sp³-hybridized carbons (Fsp3) is 0.857. The Morgan fingerprint density at radius 1 is 1.50 bits per heavy atom. The summed E-state index contributed by atoms with van der Waals surface area (Å²) < 4.78 is 15.6. The van der Waals surface area contributed by atoms with Crippen LogP contribution < -0.4 is 0 Å². The lowest BCUT2D eigenvalue weighted by molar-refractivity contribution is -0.156. The van der Waals surface area contributed by atoms with Gasteiger partial charge in [0, 0.05) is 6.54 Å². The van der Waals surface area contributed by atoms with Gasteiger partial charge in [0.15, 0.2) is 12.3 Å². The van der Waals surface area contributed by atoms with E-state index in [1.54, 1.807) is 20.8 Å². The minimum atomic E-state index is -0.760. The standard InChI is InChI=1S/C14H26N2O5S/c1-5-19-13(18)14(2,3)10-20-22-21-16(11-17)12-7-6-8-15(4)9-12/h11-12H,5-10H2,1-4H3/t12-/m1/s1. The summed E-state index contributed by atoms with van der Waals surface area (Å²) in [7, 11) is 2.01. The van der Waals surface area contributed by atoms with Gasteiger partial charge in [-0.1, -0.05) is 0 Å². The highest BCUT2D eigenvalue weighted by Gasteiger charge is 2.30. The van der Waals surface area contributed by atoms with Crippen LogP contribution in [0.3, 0.4) is 0 Å². The number of ether oxygens (including phenoxy) is 1. The number of likely N-dealkylation sites (tertiary alicyclic amines) is 1. The number of carbonyl (C=O) groups excluding carboxylic acids is 2. The van der Waals surface area contributed by atoms with Crippen molar-refractivity contribution >= 4 is 24.7 Å². The molecule has 1 rings (SSSR count). The van der Waals surface area contributed by atoms with Crippen molar-refractivity contribution in [1.82, 2.24) is 9.96 Å². The molecular weight excluding hydrogens is 308 g/mol. The Hall–Kier alpha value is -0.830. The Morgan fingerprint density at radius 2 is 2.23 bits per heavy atom. The molecule has 1 aliphatic heterocycles. The zero-order chi connectivity index (χ0) is 16.6. The van der Waals surface area contributed by atoms with Gasteiger partial charge in [-0.25, -0.2) is 5.06 Å². The van der Waals surface area contributed by atoms with Crippen LogP contribution in [0.2, 0.25) is 0 Å². The van der Waals surface area contributed by atoms with E-state index in [1.807, 2.05) is 7.05 Å². The van der Waals surface area contributed by atoms with Crippen molar-refractivity contribution in [3.05, 3.63) is 0 Å². The van der Waals surface area contributed by atoms with E-state index in [0.717, 1.165) is 25.9 Å². The number of rotatable bonds is 9. The Labute approximate surface area is 136 Å². The lowest BCUT2D eigenvalue weighted by Crippen LogP contribution is -2.45. The molecule has 0 saturated carbocycles. The van der Waals surface area contributed by atoms with Crippen molar-refractivity contribution in [2.24, 2.45) is 5.41 Å². The van der Waals surface area contributed by atoms with Crippen molar-refractivity contribution in [3.63, 3.8) is 0 Å². The minimum absolute atomic E-state index is 0.0189. The average Bonchev–Trinajstić information content (AvgIpc) is 2.47. The number of amides is 1. The molecule has 22 heavy (non-hydrogen) atoms. The fourth-order valence-electron chi connectivity index (χ4n) is 2.12. The third-order valence-electron chi connectivity index (χ3n) is 3.48. The summed E-state index contributed by atoms with van der Waals surface area (Å²) in [5, 5.41) is 1.28. The molecule has 0 spiro atoms. The van der Waals surface area contributed by atoms with E-state index in [4.69, 9.17) is 13.2 Å². The quantitative estimate of drug-likeness (QED) is 0.209. The molecule has 0 bridgehead atoms. The number of esters is 1. The van der Waals surface area contributed by atoms with Crippen LogP contribution in [0.15, 0.2) is 0 Å². The SMILES string of the molecule is CCOC(=O)C(C)(C)COSON(C=O)[C@@H]1CCCN(C)C1. The van der Waals surface area contributed by atoms with Gasteiger partial charge in [0.2, 0.25) is 6.41 Å². The van der Waals surface area contributed by atoms with Gasteiger partial charge in [0.25, 0.3) is 0 Å². The molecular formula is C14H26N2O5S. The largest absolute Gasteiger partial charge is 0.466 e. The molecule has 1 fully saturated rings. The van der Waals surface area contributed by atoms with Crippen LogP contribution in [0.1, 0.15) is 33.6 Å². The average molecular weight is 334 g/mol. The Morgan fingerprint density at radius 3 is 2.82 bits per heavy atom. The smallest absolute Gasteiger partial charge is 0.313 e. The number of hydrogen-bond acceptors (Lipinski definition) is 7. The molecule has 1 atom stereocenters. The molecule has 0 aromatic heterocycles. The molecule has 1 heterocycles. The van der Waals surface area contributed by atoms with Crippen LogP contribution in [0.4, 0.5) is 0 Å². The summed E-state index contributed by atoms with van der Waals surface area (Å²) in [6, 6.07) is 0.0189. The number of likely N-dealkylation sites (N-methyl/N-ethyl adjacent to an activating group) is 1.